The number of carbonyl (C=O) groups is 2. The first-order valence-electron chi connectivity index (χ1n) is 9.91. The first kappa shape index (κ1) is 21.1. The number of benzene rings is 1. The lowest BCUT2D eigenvalue weighted by Crippen LogP contribution is -2.48. The fourth-order valence-electron chi connectivity index (χ4n) is 3.04. The summed E-state index contributed by atoms with van der Waals surface area (Å²) in [6, 6.07) is 8.01. The van der Waals surface area contributed by atoms with Gasteiger partial charge in [-0.3, -0.25) is 0 Å². The zero-order valence-electron chi connectivity index (χ0n) is 17.0. The zero-order valence-corrected chi connectivity index (χ0v) is 17.0. The fourth-order valence-corrected chi connectivity index (χ4v) is 3.04. The Bertz CT molecular complexity index is 615. The van der Waals surface area contributed by atoms with Crippen LogP contribution in [0.3, 0.4) is 0 Å². The molecule has 1 aromatic carbocycles. The van der Waals surface area contributed by atoms with Crippen LogP contribution in [0.25, 0.3) is 0 Å². The van der Waals surface area contributed by atoms with Crippen LogP contribution < -0.4 is 10.6 Å². The maximum atomic E-state index is 12.4. The number of anilines is 1. The van der Waals surface area contributed by atoms with E-state index in [1.165, 1.54) is 18.4 Å². The number of hydrogen-bond donors (Lipinski definition) is 2. The van der Waals surface area contributed by atoms with Crippen LogP contribution in [-0.4, -0.2) is 41.8 Å². The molecule has 0 radical (unpaired) electrons. The van der Waals surface area contributed by atoms with Crippen molar-refractivity contribution in [3.63, 3.8) is 0 Å². The largest absolute Gasteiger partial charge is 0.444 e. The summed E-state index contributed by atoms with van der Waals surface area (Å²) in [6.07, 6.45) is 4.48. The van der Waals surface area contributed by atoms with E-state index in [2.05, 4.69) is 29.7 Å². The van der Waals surface area contributed by atoms with Crippen molar-refractivity contribution in [3.8, 4) is 0 Å². The topological polar surface area (TPSA) is 70.7 Å². The summed E-state index contributed by atoms with van der Waals surface area (Å²) >= 11 is 0. The summed E-state index contributed by atoms with van der Waals surface area (Å²) in [4.78, 5) is 26.1. The Morgan fingerprint density at radius 2 is 1.78 bits per heavy atom. The summed E-state index contributed by atoms with van der Waals surface area (Å²) in [6.45, 7) is 8.93. The van der Waals surface area contributed by atoms with Gasteiger partial charge in [0.05, 0.1) is 0 Å². The number of ether oxygens (including phenoxy) is 1. The Morgan fingerprint density at radius 3 is 2.33 bits per heavy atom. The molecule has 1 heterocycles. The number of unbranched alkanes of at least 4 members (excludes halogenated alkanes) is 1. The molecule has 6 nitrogen and oxygen atoms in total. The molecule has 1 aliphatic rings. The van der Waals surface area contributed by atoms with Crippen LogP contribution in [0.15, 0.2) is 24.3 Å². The average molecular weight is 376 g/mol. The number of alkyl carbamates (subject to hydrolysis) is 1. The van der Waals surface area contributed by atoms with Crippen LogP contribution in [0, 0.1) is 0 Å². The van der Waals surface area contributed by atoms with Crippen molar-refractivity contribution < 1.29 is 14.3 Å². The molecule has 0 spiro atoms. The molecule has 0 bridgehead atoms. The van der Waals surface area contributed by atoms with Crippen LogP contribution >= 0.6 is 0 Å². The number of nitrogens with one attached hydrogen (secondary N) is 2. The Balaban J connectivity index is 1.75. The standard InChI is InChI=1S/C21H33N3O3/c1-5-6-7-16-8-10-17(11-9-16)22-19(25)24-14-12-18(13-15-24)23-20(26)27-21(2,3)4/h8-11,18H,5-7,12-15H2,1-4H3,(H,22,25)(H,23,26). The molecule has 1 saturated heterocycles. The summed E-state index contributed by atoms with van der Waals surface area (Å²) in [7, 11) is 0. The van der Waals surface area contributed by atoms with Gasteiger partial charge in [-0.05, 0) is 64.2 Å². The molecule has 0 aromatic heterocycles. The number of piperidine rings is 1. The quantitative estimate of drug-likeness (QED) is 0.793. The van der Waals surface area contributed by atoms with E-state index in [9.17, 15) is 9.59 Å². The predicted octanol–water partition coefficient (Wildman–Crippen LogP) is 4.55. The smallest absolute Gasteiger partial charge is 0.407 e. The highest BCUT2D eigenvalue weighted by Crippen LogP contribution is 2.16. The van der Waals surface area contributed by atoms with E-state index in [-0.39, 0.29) is 12.1 Å². The lowest BCUT2D eigenvalue weighted by atomic mass is 10.1. The van der Waals surface area contributed by atoms with E-state index in [0.29, 0.717) is 13.1 Å². The maximum absolute atomic E-state index is 12.4. The van der Waals surface area contributed by atoms with Crippen LogP contribution in [0.4, 0.5) is 15.3 Å². The van der Waals surface area contributed by atoms with E-state index >= 15 is 0 Å². The molecule has 1 aliphatic heterocycles. The third kappa shape index (κ3) is 7.49. The van der Waals surface area contributed by atoms with Crippen molar-refractivity contribution >= 4 is 17.8 Å². The molecule has 3 amide bonds. The van der Waals surface area contributed by atoms with Crippen molar-refractivity contribution in [3.05, 3.63) is 29.8 Å². The van der Waals surface area contributed by atoms with Gasteiger partial charge in [-0.25, -0.2) is 9.59 Å². The Hall–Kier alpha value is -2.24. The summed E-state index contributed by atoms with van der Waals surface area (Å²) < 4.78 is 5.28. The first-order valence-corrected chi connectivity index (χ1v) is 9.91. The van der Waals surface area contributed by atoms with E-state index in [1.807, 2.05) is 32.9 Å². The highest BCUT2D eigenvalue weighted by atomic mass is 16.6. The molecule has 150 valence electrons. The van der Waals surface area contributed by atoms with Gasteiger partial charge in [-0.1, -0.05) is 25.5 Å². The lowest BCUT2D eigenvalue weighted by Gasteiger charge is -2.32. The van der Waals surface area contributed by atoms with Crippen molar-refractivity contribution in [1.82, 2.24) is 10.2 Å². The van der Waals surface area contributed by atoms with E-state index in [1.54, 1.807) is 4.90 Å². The minimum atomic E-state index is -0.503. The average Bonchev–Trinajstić information content (AvgIpc) is 2.60. The Morgan fingerprint density at radius 1 is 1.15 bits per heavy atom. The molecule has 6 heteroatoms. The molecule has 0 atom stereocenters. The second-order valence-corrected chi connectivity index (χ2v) is 8.14. The molecule has 1 fully saturated rings. The van der Waals surface area contributed by atoms with Crippen molar-refractivity contribution in [2.24, 2.45) is 0 Å². The van der Waals surface area contributed by atoms with Crippen LogP contribution in [-0.2, 0) is 11.2 Å². The number of aryl methyl sites for hydroxylation is 1. The van der Waals surface area contributed by atoms with Gasteiger partial charge in [0.1, 0.15) is 5.60 Å². The number of nitrogens with zero attached hydrogens (tertiary/aromatic N) is 1. The fraction of sp³-hybridized carbons (Fsp3) is 0.619. The zero-order chi connectivity index (χ0) is 19.9. The number of likely N-dealkylation sites (tertiary alicyclic amines) is 1. The number of amides is 3. The van der Waals surface area contributed by atoms with Crippen LogP contribution in [0.1, 0.15) is 58.9 Å². The maximum Gasteiger partial charge on any atom is 0.407 e. The second-order valence-electron chi connectivity index (χ2n) is 8.14. The van der Waals surface area contributed by atoms with Crippen molar-refractivity contribution in [1.29, 1.82) is 0 Å². The number of carbonyl (C=O) groups excluding carboxylic acids is 2. The van der Waals surface area contributed by atoms with Crippen LogP contribution in [0.5, 0.6) is 0 Å². The highest BCUT2D eigenvalue weighted by Gasteiger charge is 2.25. The van der Waals surface area contributed by atoms with Gasteiger partial charge in [0.25, 0.3) is 0 Å². The normalized spacial score (nSPS) is 15.3. The monoisotopic (exact) mass is 375 g/mol. The molecule has 0 aliphatic carbocycles. The Labute approximate surface area is 162 Å². The number of urea groups is 1. The number of rotatable bonds is 5. The van der Waals surface area contributed by atoms with E-state index < -0.39 is 11.7 Å². The third-order valence-corrected chi connectivity index (χ3v) is 4.53. The SMILES string of the molecule is CCCCc1ccc(NC(=O)N2CCC(NC(=O)OC(C)(C)C)CC2)cc1. The molecular formula is C21H33N3O3. The van der Waals surface area contributed by atoms with Crippen LogP contribution in [0.2, 0.25) is 0 Å². The van der Waals surface area contributed by atoms with Gasteiger partial charge in [0.2, 0.25) is 0 Å². The molecule has 1 aromatic rings. The lowest BCUT2D eigenvalue weighted by molar-refractivity contribution is 0.0486. The van der Waals surface area contributed by atoms with Gasteiger partial charge in [0.15, 0.2) is 0 Å². The van der Waals surface area contributed by atoms with E-state index in [0.717, 1.165) is 24.9 Å². The molecule has 0 unspecified atom stereocenters. The van der Waals surface area contributed by atoms with Gasteiger partial charge in [0, 0.05) is 24.8 Å². The molecule has 0 saturated carbocycles. The minimum Gasteiger partial charge on any atom is -0.444 e. The van der Waals surface area contributed by atoms with Gasteiger partial charge in [-0.2, -0.15) is 0 Å². The first-order chi connectivity index (χ1) is 12.8. The third-order valence-electron chi connectivity index (χ3n) is 4.53. The van der Waals surface area contributed by atoms with E-state index in [4.69, 9.17) is 4.74 Å². The molecule has 27 heavy (non-hydrogen) atoms. The highest BCUT2D eigenvalue weighted by molar-refractivity contribution is 5.89. The summed E-state index contributed by atoms with van der Waals surface area (Å²) in [5.74, 6) is 0. The second kappa shape index (κ2) is 9.62. The van der Waals surface area contributed by atoms with Gasteiger partial charge >= 0.3 is 12.1 Å². The molecule has 2 rings (SSSR count). The van der Waals surface area contributed by atoms with Crippen molar-refractivity contribution in [2.45, 2.75) is 71.4 Å². The summed E-state index contributed by atoms with van der Waals surface area (Å²) in [5, 5.41) is 5.84. The number of hydrogen-bond acceptors (Lipinski definition) is 3. The molecule has 2 N–H and O–H groups in total. The van der Waals surface area contributed by atoms with Crippen molar-refractivity contribution in [2.75, 3.05) is 18.4 Å². The summed E-state index contributed by atoms with van der Waals surface area (Å²) in [5.41, 5.74) is 1.61. The van der Waals surface area contributed by atoms with Gasteiger partial charge in [-0.15, -0.1) is 0 Å². The Kier molecular flexibility index (Phi) is 7.51. The van der Waals surface area contributed by atoms with Gasteiger partial charge < -0.3 is 20.3 Å². The predicted molar refractivity (Wildman–Crippen MR) is 108 cm³/mol. The minimum absolute atomic E-state index is 0.0433. The molecular weight excluding hydrogens is 342 g/mol.